The summed E-state index contributed by atoms with van der Waals surface area (Å²) in [4.78, 5) is 22.4. The second-order valence-electron chi connectivity index (χ2n) is 7.64. The average Bonchev–Trinajstić information content (AvgIpc) is 3.18. The Morgan fingerprint density at radius 2 is 1.55 bits per heavy atom. The normalized spacial score (nSPS) is 14.2. The molecule has 8 heteroatoms. The minimum atomic E-state index is -1.26. The van der Waals surface area contributed by atoms with E-state index in [-0.39, 0.29) is 11.6 Å². The van der Waals surface area contributed by atoms with Crippen LogP contribution in [0.25, 0.3) is 26.6 Å². The van der Waals surface area contributed by atoms with Crippen LogP contribution < -0.4 is 0 Å². The van der Waals surface area contributed by atoms with Gasteiger partial charge in [-0.3, -0.25) is 0 Å². The largest absolute Gasteiger partial charge is 0.478 e. The summed E-state index contributed by atoms with van der Waals surface area (Å²) in [6.07, 6.45) is 5.41. The molecule has 33 heavy (non-hydrogen) atoms. The Kier molecular flexibility index (Phi) is 8.08. The molecule has 0 unspecified atom stereocenters. The van der Waals surface area contributed by atoms with Crippen LogP contribution in [0.5, 0.6) is 0 Å². The van der Waals surface area contributed by atoms with Gasteiger partial charge in [0, 0.05) is 40.4 Å². The molecule has 0 spiro atoms. The van der Waals surface area contributed by atoms with Crippen molar-refractivity contribution >= 4 is 39.4 Å². The van der Waals surface area contributed by atoms with Crippen LogP contribution >= 0.6 is 11.3 Å². The highest BCUT2D eigenvalue weighted by Gasteiger charge is 2.13. The number of halogens is 2. The van der Waals surface area contributed by atoms with Crippen LogP contribution in [0.4, 0.5) is 8.78 Å². The number of thiophene rings is 1. The molecule has 1 aliphatic rings. The Morgan fingerprint density at radius 3 is 2.18 bits per heavy atom. The quantitative estimate of drug-likeness (QED) is 0.480. The van der Waals surface area contributed by atoms with Crippen LogP contribution in [0.15, 0.2) is 60.2 Å². The summed E-state index contributed by atoms with van der Waals surface area (Å²) in [7, 11) is 2.14. The molecule has 2 aromatic carbocycles. The van der Waals surface area contributed by atoms with Crippen LogP contribution in [-0.4, -0.2) is 47.2 Å². The maximum absolute atomic E-state index is 13.9. The molecular weight excluding hydrogens is 448 g/mol. The number of carboxylic acids is 2. The van der Waals surface area contributed by atoms with Crippen molar-refractivity contribution in [3.05, 3.63) is 77.4 Å². The fourth-order valence-corrected chi connectivity index (χ4v) is 4.51. The van der Waals surface area contributed by atoms with Crippen molar-refractivity contribution in [3.8, 4) is 10.4 Å². The summed E-state index contributed by atoms with van der Waals surface area (Å²) in [5, 5.41) is 16.5. The lowest BCUT2D eigenvalue weighted by Crippen LogP contribution is -2.26. The van der Waals surface area contributed by atoms with Gasteiger partial charge >= 0.3 is 11.9 Å². The molecule has 0 radical (unpaired) electrons. The number of hydrogen-bond acceptors (Lipinski definition) is 4. The van der Waals surface area contributed by atoms with E-state index in [1.807, 2.05) is 12.1 Å². The molecule has 3 aromatic rings. The molecular formula is C25H23F2NO4S. The number of piperidine rings is 1. The van der Waals surface area contributed by atoms with Crippen molar-refractivity contribution in [2.75, 3.05) is 20.1 Å². The first-order valence-electron chi connectivity index (χ1n) is 10.2. The Hall–Kier alpha value is -3.36. The number of carbonyl (C=O) groups is 2. The molecule has 0 amide bonds. The number of fused-ring (bicyclic) bond motifs is 1. The lowest BCUT2D eigenvalue weighted by atomic mass is 9.98. The van der Waals surface area contributed by atoms with Gasteiger partial charge in [-0.1, -0.05) is 17.7 Å². The number of rotatable bonds is 4. The minimum absolute atomic E-state index is 0.246. The van der Waals surface area contributed by atoms with Crippen molar-refractivity contribution in [2.45, 2.75) is 12.8 Å². The maximum atomic E-state index is 13.9. The lowest BCUT2D eigenvalue weighted by molar-refractivity contribution is -0.134. The molecule has 0 saturated carbocycles. The van der Waals surface area contributed by atoms with E-state index < -0.39 is 11.9 Å². The van der Waals surface area contributed by atoms with Crippen LogP contribution in [0.1, 0.15) is 18.4 Å². The highest BCUT2D eigenvalue weighted by atomic mass is 32.1. The molecule has 2 N–H and O–H groups in total. The van der Waals surface area contributed by atoms with E-state index in [0.717, 1.165) is 52.0 Å². The maximum Gasteiger partial charge on any atom is 0.328 e. The summed E-state index contributed by atoms with van der Waals surface area (Å²) < 4.78 is 28.4. The standard InChI is InChI=1S/C21H19F2NS.C4H4O4/c1-24-8-6-14(7-9-24)10-15-2-3-18(23)13-19(15)21-12-16-11-17(22)4-5-20(16)25-21;5-3(6)1-2-4(7)8/h2-5,10-13H,6-9H2,1H3;1-2H,(H,5,6)(H,7,8)/b;2-1-. The number of likely N-dealkylation sites (tertiary alicyclic amines) is 1. The summed E-state index contributed by atoms with van der Waals surface area (Å²) in [5.41, 5.74) is 3.32. The second kappa shape index (κ2) is 11.0. The smallest absolute Gasteiger partial charge is 0.328 e. The molecule has 1 saturated heterocycles. The van der Waals surface area contributed by atoms with Crippen molar-refractivity contribution in [1.82, 2.24) is 4.90 Å². The van der Waals surface area contributed by atoms with Gasteiger partial charge in [-0.25, -0.2) is 18.4 Å². The zero-order chi connectivity index (χ0) is 24.0. The molecule has 172 valence electrons. The number of nitrogens with zero attached hydrogens (tertiary/aromatic N) is 1. The van der Waals surface area contributed by atoms with E-state index in [1.165, 1.54) is 23.8 Å². The molecule has 4 rings (SSSR count). The zero-order valence-corrected chi connectivity index (χ0v) is 18.7. The predicted molar refractivity (Wildman–Crippen MR) is 126 cm³/mol. The SMILES string of the molecule is CN1CCC(=Cc2ccc(F)cc2-c2cc3cc(F)ccc3s2)CC1.O=C(O)/C=C\C(=O)O. The minimum Gasteiger partial charge on any atom is -0.478 e. The monoisotopic (exact) mass is 471 g/mol. The van der Waals surface area contributed by atoms with Gasteiger partial charge in [0.15, 0.2) is 0 Å². The summed E-state index contributed by atoms with van der Waals surface area (Å²) >= 11 is 1.57. The van der Waals surface area contributed by atoms with Gasteiger partial charge in [-0.2, -0.15) is 0 Å². The molecule has 1 fully saturated rings. The second-order valence-corrected chi connectivity index (χ2v) is 8.72. The van der Waals surface area contributed by atoms with Crippen LogP contribution in [0.2, 0.25) is 0 Å². The predicted octanol–water partition coefficient (Wildman–Crippen LogP) is 5.67. The Bertz CT molecular complexity index is 1210. The molecule has 1 aliphatic heterocycles. The zero-order valence-electron chi connectivity index (χ0n) is 17.9. The topological polar surface area (TPSA) is 77.8 Å². The average molecular weight is 472 g/mol. The molecule has 5 nitrogen and oxygen atoms in total. The van der Waals surface area contributed by atoms with Gasteiger partial charge in [-0.15, -0.1) is 11.3 Å². The molecule has 2 heterocycles. The number of carboxylic acid groups (broad SMARTS) is 2. The van der Waals surface area contributed by atoms with Gasteiger partial charge in [0.25, 0.3) is 0 Å². The van der Waals surface area contributed by atoms with E-state index in [0.29, 0.717) is 12.2 Å². The Labute approximate surface area is 193 Å². The van der Waals surface area contributed by atoms with Crippen molar-refractivity contribution in [1.29, 1.82) is 0 Å². The summed E-state index contributed by atoms with van der Waals surface area (Å²) in [6, 6.07) is 11.7. The third kappa shape index (κ3) is 7.06. The first-order valence-corrected chi connectivity index (χ1v) is 11.0. The van der Waals surface area contributed by atoms with E-state index in [9.17, 15) is 18.4 Å². The van der Waals surface area contributed by atoms with Crippen molar-refractivity contribution in [2.24, 2.45) is 0 Å². The Morgan fingerprint density at radius 1 is 0.939 bits per heavy atom. The summed E-state index contributed by atoms with van der Waals surface area (Å²) in [5.74, 6) is -3.01. The first kappa shape index (κ1) is 24.3. The lowest BCUT2D eigenvalue weighted by Gasteiger charge is -2.24. The third-order valence-corrected chi connectivity index (χ3v) is 6.27. The number of benzene rings is 2. The fourth-order valence-electron chi connectivity index (χ4n) is 3.43. The Balaban J connectivity index is 0.000000331. The molecule has 0 aliphatic carbocycles. The number of hydrogen-bond donors (Lipinski definition) is 2. The van der Waals surface area contributed by atoms with Crippen molar-refractivity contribution < 1.29 is 28.6 Å². The molecule has 0 atom stereocenters. The van der Waals surface area contributed by atoms with E-state index in [4.69, 9.17) is 10.2 Å². The van der Waals surface area contributed by atoms with Gasteiger partial charge in [0.05, 0.1) is 0 Å². The first-order chi connectivity index (χ1) is 15.7. The van der Waals surface area contributed by atoms with Crippen LogP contribution in [0, 0.1) is 11.6 Å². The van der Waals surface area contributed by atoms with Crippen molar-refractivity contribution in [3.63, 3.8) is 0 Å². The summed E-state index contributed by atoms with van der Waals surface area (Å²) in [6.45, 7) is 2.12. The van der Waals surface area contributed by atoms with Crippen LogP contribution in [-0.2, 0) is 9.59 Å². The van der Waals surface area contributed by atoms with Gasteiger partial charge < -0.3 is 15.1 Å². The fraction of sp³-hybridized carbons (Fsp3) is 0.200. The van der Waals surface area contributed by atoms with Crippen LogP contribution in [0.3, 0.4) is 0 Å². The number of aliphatic carboxylic acids is 2. The highest BCUT2D eigenvalue weighted by molar-refractivity contribution is 7.22. The van der Waals surface area contributed by atoms with Gasteiger partial charge in [0.2, 0.25) is 0 Å². The third-order valence-electron chi connectivity index (χ3n) is 5.12. The highest BCUT2D eigenvalue weighted by Crippen LogP contribution is 2.37. The molecule has 0 bridgehead atoms. The van der Waals surface area contributed by atoms with E-state index in [2.05, 4.69) is 18.0 Å². The molecule has 1 aromatic heterocycles. The van der Waals surface area contributed by atoms with Gasteiger partial charge in [-0.05, 0) is 67.2 Å². The van der Waals surface area contributed by atoms with E-state index >= 15 is 0 Å². The van der Waals surface area contributed by atoms with Gasteiger partial charge in [0.1, 0.15) is 11.6 Å². The van der Waals surface area contributed by atoms with E-state index in [1.54, 1.807) is 23.5 Å².